The fraction of sp³-hybridized carbons (Fsp3) is 0.368. The Bertz CT molecular complexity index is 1650. The fourth-order valence-corrected chi connectivity index (χ4v) is 5.46. The molecule has 8 heteroatoms. The standard InChI is InChI=1S/C38H44N2O6/c1-4-6-20-44-37(41)17-12-29-24-32(46-36-11-9-8-10-28(36)3)25-33-34(29)27-40(35(33)26-38(42)45-21-7-5-2)31-15-13-30(14-16-31)39-18-22-43-23-19-39/h8-17,24-25,27H,4-7,18-23,26H2,1-3H3/b17-12+. The van der Waals surface area contributed by atoms with Gasteiger partial charge in [-0.25, -0.2) is 4.79 Å². The van der Waals surface area contributed by atoms with Crippen molar-refractivity contribution in [2.45, 2.75) is 52.9 Å². The van der Waals surface area contributed by atoms with E-state index in [1.807, 2.05) is 54.1 Å². The van der Waals surface area contributed by atoms with Crippen LogP contribution < -0.4 is 9.64 Å². The average Bonchev–Trinajstić information content (AvgIpc) is 3.43. The Morgan fingerprint density at radius 1 is 0.870 bits per heavy atom. The number of aromatic nitrogens is 1. The van der Waals surface area contributed by atoms with Gasteiger partial charge < -0.3 is 28.4 Å². The number of benzene rings is 3. The maximum absolute atomic E-state index is 13.2. The normalized spacial score (nSPS) is 13.3. The molecular weight excluding hydrogens is 580 g/mol. The molecule has 1 saturated heterocycles. The van der Waals surface area contributed by atoms with E-state index in [0.29, 0.717) is 32.2 Å². The van der Waals surface area contributed by atoms with Gasteiger partial charge in [0.1, 0.15) is 11.5 Å². The second kappa shape index (κ2) is 16.1. The minimum atomic E-state index is -0.398. The summed E-state index contributed by atoms with van der Waals surface area (Å²) in [7, 11) is 0. The Kier molecular flexibility index (Phi) is 11.5. The summed E-state index contributed by atoms with van der Waals surface area (Å²) in [5.74, 6) is 0.641. The van der Waals surface area contributed by atoms with E-state index in [9.17, 15) is 9.59 Å². The summed E-state index contributed by atoms with van der Waals surface area (Å²) in [4.78, 5) is 28.0. The number of unbranched alkanes of at least 4 members (excludes halogenated alkanes) is 2. The Morgan fingerprint density at radius 3 is 2.28 bits per heavy atom. The van der Waals surface area contributed by atoms with E-state index in [1.54, 1.807) is 6.08 Å². The highest BCUT2D eigenvalue weighted by atomic mass is 16.5. The molecule has 2 heterocycles. The van der Waals surface area contributed by atoms with Crippen molar-refractivity contribution >= 4 is 34.5 Å². The highest BCUT2D eigenvalue weighted by Crippen LogP contribution is 2.36. The van der Waals surface area contributed by atoms with Crippen molar-refractivity contribution < 1.29 is 28.5 Å². The maximum Gasteiger partial charge on any atom is 0.330 e. The van der Waals surface area contributed by atoms with E-state index in [2.05, 4.69) is 43.0 Å². The number of esters is 2. The van der Waals surface area contributed by atoms with Crippen molar-refractivity contribution in [2.75, 3.05) is 44.4 Å². The molecule has 0 N–H and O–H groups in total. The molecule has 0 atom stereocenters. The van der Waals surface area contributed by atoms with Crippen LogP contribution in [0.3, 0.4) is 0 Å². The van der Waals surface area contributed by atoms with Crippen LogP contribution in [0.2, 0.25) is 0 Å². The highest BCUT2D eigenvalue weighted by molar-refractivity contribution is 5.99. The van der Waals surface area contributed by atoms with Crippen LogP contribution in [-0.2, 0) is 30.2 Å². The van der Waals surface area contributed by atoms with E-state index in [-0.39, 0.29) is 12.4 Å². The molecule has 0 spiro atoms. The van der Waals surface area contributed by atoms with Crippen molar-refractivity contribution in [1.29, 1.82) is 0 Å². The van der Waals surface area contributed by atoms with Crippen LogP contribution in [0, 0.1) is 6.92 Å². The number of nitrogens with zero attached hydrogens (tertiary/aromatic N) is 2. The monoisotopic (exact) mass is 624 g/mol. The van der Waals surface area contributed by atoms with Gasteiger partial charge in [-0.15, -0.1) is 0 Å². The molecule has 1 fully saturated rings. The molecule has 0 bridgehead atoms. The first-order chi connectivity index (χ1) is 22.5. The fourth-order valence-electron chi connectivity index (χ4n) is 5.46. The smallest absolute Gasteiger partial charge is 0.330 e. The lowest BCUT2D eigenvalue weighted by molar-refractivity contribution is -0.143. The third-order valence-electron chi connectivity index (χ3n) is 8.08. The summed E-state index contributed by atoms with van der Waals surface area (Å²) in [6.45, 7) is 10.0. The zero-order valence-corrected chi connectivity index (χ0v) is 27.1. The molecule has 0 amide bonds. The van der Waals surface area contributed by atoms with Crippen LogP contribution in [0.15, 0.2) is 72.9 Å². The Hall–Kier alpha value is -4.56. The SMILES string of the molecule is CCCCOC(=O)/C=C/c1cc(Oc2ccccc2C)cc2c(CC(=O)OCCCC)n(-c3ccc(N4CCOCC4)cc3)cc12. The Balaban J connectivity index is 1.59. The number of hydrogen-bond acceptors (Lipinski definition) is 7. The minimum Gasteiger partial charge on any atom is -0.465 e. The third kappa shape index (κ3) is 8.37. The third-order valence-corrected chi connectivity index (χ3v) is 8.08. The molecule has 46 heavy (non-hydrogen) atoms. The summed E-state index contributed by atoms with van der Waals surface area (Å²) >= 11 is 0. The van der Waals surface area contributed by atoms with Gasteiger partial charge in [0.2, 0.25) is 0 Å². The van der Waals surface area contributed by atoms with Crippen LogP contribution in [-0.4, -0.2) is 56.0 Å². The summed E-state index contributed by atoms with van der Waals surface area (Å²) < 4.78 is 25.0. The van der Waals surface area contributed by atoms with E-state index >= 15 is 0 Å². The van der Waals surface area contributed by atoms with Gasteiger partial charge in [-0.1, -0.05) is 44.9 Å². The number of anilines is 1. The van der Waals surface area contributed by atoms with Gasteiger partial charge in [0.05, 0.1) is 32.8 Å². The highest BCUT2D eigenvalue weighted by Gasteiger charge is 2.20. The molecule has 0 aliphatic carbocycles. The maximum atomic E-state index is 13.2. The van der Waals surface area contributed by atoms with E-state index < -0.39 is 5.97 Å². The topological polar surface area (TPSA) is 79.2 Å². The summed E-state index contributed by atoms with van der Waals surface area (Å²) in [6, 6.07) is 20.1. The minimum absolute atomic E-state index is 0.0778. The van der Waals surface area contributed by atoms with Gasteiger partial charge in [-0.3, -0.25) is 4.79 Å². The van der Waals surface area contributed by atoms with E-state index in [0.717, 1.165) is 83.5 Å². The lowest BCUT2D eigenvalue weighted by Crippen LogP contribution is -2.36. The van der Waals surface area contributed by atoms with Gasteiger partial charge in [0, 0.05) is 53.2 Å². The van der Waals surface area contributed by atoms with Crippen molar-refractivity contribution in [1.82, 2.24) is 4.57 Å². The molecule has 3 aromatic carbocycles. The number of ether oxygens (including phenoxy) is 4. The van der Waals surface area contributed by atoms with Crippen molar-refractivity contribution in [3.05, 3.63) is 89.8 Å². The number of hydrogen-bond donors (Lipinski definition) is 0. The van der Waals surface area contributed by atoms with Crippen LogP contribution in [0.1, 0.15) is 56.4 Å². The van der Waals surface area contributed by atoms with Crippen LogP contribution in [0.25, 0.3) is 22.5 Å². The lowest BCUT2D eigenvalue weighted by Gasteiger charge is -2.29. The van der Waals surface area contributed by atoms with Crippen molar-refractivity contribution in [2.24, 2.45) is 0 Å². The molecular formula is C38H44N2O6. The molecule has 5 rings (SSSR count). The molecule has 1 aliphatic rings. The Morgan fingerprint density at radius 2 is 1.57 bits per heavy atom. The zero-order chi connectivity index (χ0) is 32.3. The number of carbonyl (C=O) groups excluding carboxylic acids is 2. The largest absolute Gasteiger partial charge is 0.465 e. The van der Waals surface area contributed by atoms with Crippen LogP contribution in [0.4, 0.5) is 5.69 Å². The van der Waals surface area contributed by atoms with Crippen LogP contribution >= 0.6 is 0 Å². The number of morpholine rings is 1. The van der Waals surface area contributed by atoms with Crippen LogP contribution in [0.5, 0.6) is 11.5 Å². The number of fused-ring (bicyclic) bond motifs is 1. The first-order valence-electron chi connectivity index (χ1n) is 16.3. The first kappa shape index (κ1) is 32.8. The van der Waals surface area contributed by atoms with Gasteiger partial charge in [-0.05, 0) is 79.4 Å². The molecule has 242 valence electrons. The summed E-state index contributed by atoms with van der Waals surface area (Å²) in [5, 5.41) is 1.72. The summed E-state index contributed by atoms with van der Waals surface area (Å²) in [6.07, 6.45) is 8.83. The number of rotatable bonds is 14. The molecule has 0 unspecified atom stereocenters. The molecule has 4 aromatic rings. The molecule has 8 nitrogen and oxygen atoms in total. The van der Waals surface area contributed by atoms with Crippen molar-refractivity contribution in [3.8, 4) is 17.2 Å². The quantitative estimate of drug-likeness (QED) is 0.0804. The van der Waals surface area contributed by atoms with E-state index in [1.165, 1.54) is 6.08 Å². The summed E-state index contributed by atoms with van der Waals surface area (Å²) in [5.41, 5.74) is 4.60. The number of aryl methyl sites for hydroxylation is 1. The number of carbonyl (C=O) groups is 2. The lowest BCUT2D eigenvalue weighted by atomic mass is 10.0. The van der Waals surface area contributed by atoms with Crippen molar-refractivity contribution in [3.63, 3.8) is 0 Å². The number of para-hydroxylation sites is 1. The molecule has 0 saturated carbocycles. The second-order valence-electron chi connectivity index (χ2n) is 11.5. The molecule has 1 aliphatic heterocycles. The predicted molar refractivity (Wildman–Crippen MR) is 182 cm³/mol. The molecule has 0 radical (unpaired) electrons. The predicted octanol–water partition coefficient (Wildman–Crippen LogP) is 7.81. The average molecular weight is 625 g/mol. The second-order valence-corrected chi connectivity index (χ2v) is 11.5. The Labute approximate surface area is 271 Å². The van der Waals surface area contributed by atoms with Gasteiger partial charge >= 0.3 is 11.9 Å². The molecule has 1 aromatic heterocycles. The van der Waals surface area contributed by atoms with E-state index in [4.69, 9.17) is 18.9 Å². The first-order valence-corrected chi connectivity index (χ1v) is 16.3. The van der Waals surface area contributed by atoms with Gasteiger partial charge in [-0.2, -0.15) is 0 Å². The van der Waals surface area contributed by atoms with Gasteiger partial charge in [0.15, 0.2) is 0 Å². The van der Waals surface area contributed by atoms with Gasteiger partial charge in [0.25, 0.3) is 0 Å². The zero-order valence-electron chi connectivity index (χ0n) is 27.1.